The molecule has 7 nitrogen and oxygen atoms in total. The normalized spacial score (nSPS) is 12.2. The Hall–Kier alpha value is -2.45. The van der Waals surface area contributed by atoms with Crippen LogP contribution in [0.25, 0.3) is 10.2 Å². The van der Waals surface area contributed by atoms with Crippen molar-refractivity contribution in [3.8, 4) is 5.75 Å². The lowest BCUT2D eigenvalue weighted by molar-refractivity contribution is -0.137. The molecule has 3 rings (SSSR count). The summed E-state index contributed by atoms with van der Waals surface area (Å²) in [5.41, 5.74) is 1.30. The molecule has 2 heterocycles. The maximum atomic E-state index is 12.2. The molecule has 0 saturated carbocycles. The van der Waals surface area contributed by atoms with E-state index in [2.05, 4.69) is 10.2 Å². The van der Waals surface area contributed by atoms with Crippen molar-refractivity contribution in [3.63, 3.8) is 0 Å². The molecule has 1 aromatic carbocycles. The second kappa shape index (κ2) is 7.84. The Labute approximate surface area is 157 Å². The Morgan fingerprint density at radius 3 is 2.92 bits per heavy atom. The first-order valence-electron chi connectivity index (χ1n) is 7.98. The smallest absolute Gasteiger partial charge is 0.308 e. The first-order valence-corrected chi connectivity index (χ1v) is 9.18. The highest BCUT2D eigenvalue weighted by Crippen LogP contribution is 2.34. The number of hydrogen-bond donors (Lipinski definition) is 1. The molecule has 1 atom stereocenters. The number of carboxylic acids is 1. The van der Waals surface area contributed by atoms with Crippen molar-refractivity contribution in [1.82, 2.24) is 14.8 Å². The number of fused-ring (bicyclic) bond motifs is 1. The third-order valence-corrected chi connectivity index (χ3v) is 5.07. The van der Waals surface area contributed by atoms with Crippen LogP contribution in [0.2, 0.25) is 5.02 Å². The number of ether oxygens (including phenoxy) is 1. The molecule has 136 valence electrons. The lowest BCUT2D eigenvalue weighted by atomic mass is 10.2. The van der Waals surface area contributed by atoms with Gasteiger partial charge in [-0.25, -0.2) is 0 Å². The summed E-state index contributed by atoms with van der Waals surface area (Å²) in [5, 5.41) is 17.1. The first-order chi connectivity index (χ1) is 12.5. The van der Waals surface area contributed by atoms with Gasteiger partial charge < -0.3 is 9.84 Å². The van der Waals surface area contributed by atoms with E-state index >= 15 is 0 Å². The van der Waals surface area contributed by atoms with Gasteiger partial charge in [-0.2, -0.15) is 10.2 Å². The summed E-state index contributed by atoms with van der Waals surface area (Å²) in [6.07, 6.45) is 1.81. The number of nitrogens with zero attached hydrogens (tertiary/aromatic N) is 3. The minimum Gasteiger partial charge on any atom is -0.482 e. The van der Waals surface area contributed by atoms with Gasteiger partial charge in [-0.15, -0.1) is 0 Å². The number of carboxylic acid groups (broad SMARTS) is 1. The molecule has 0 bridgehead atoms. The van der Waals surface area contributed by atoms with Gasteiger partial charge >= 0.3 is 10.8 Å². The summed E-state index contributed by atoms with van der Waals surface area (Å²) in [7, 11) is 0. The fourth-order valence-electron chi connectivity index (χ4n) is 2.57. The lowest BCUT2D eigenvalue weighted by Crippen LogP contribution is -2.15. The third-order valence-electron chi connectivity index (χ3n) is 3.83. The van der Waals surface area contributed by atoms with Crippen LogP contribution in [-0.2, 0) is 11.3 Å². The van der Waals surface area contributed by atoms with E-state index in [1.54, 1.807) is 24.4 Å². The van der Waals surface area contributed by atoms with Gasteiger partial charge in [0.05, 0.1) is 21.7 Å². The molecular formula is C17H16ClN3O4S. The minimum absolute atomic E-state index is 0.0991. The van der Waals surface area contributed by atoms with Crippen molar-refractivity contribution in [2.75, 3.05) is 0 Å². The van der Waals surface area contributed by atoms with Crippen LogP contribution < -0.4 is 9.61 Å². The standard InChI is InChI=1S/C17H16ClN3O4S/c1-2-13(11-4-3-6-19-20-11)25-14-9-15-12(8-10(14)18)21(17(24)26-15)7-5-16(22)23/h3-4,6,8-9,13H,2,5,7H2,1H3,(H,22,23). The van der Waals surface area contributed by atoms with Gasteiger partial charge in [0, 0.05) is 18.8 Å². The Morgan fingerprint density at radius 2 is 2.27 bits per heavy atom. The molecule has 1 N–H and O–H groups in total. The van der Waals surface area contributed by atoms with Crippen LogP contribution in [0.3, 0.4) is 0 Å². The minimum atomic E-state index is -0.961. The van der Waals surface area contributed by atoms with Crippen molar-refractivity contribution in [2.24, 2.45) is 0 Å². The number of thiazole rings is 1. The van der Waals surface area contributed by atoms with Crippen molar-refractivity contribution in [3.05, 3.63) is 50.8 Å². The second-order valence-corrected chi connectivity index (χ2v) is 6.98. The second-order valence-electron chi connectivity index (χ2n) is 5.58. The summed E-state index contributed by atoms with van der Waals surface area (Å²) in [6.45, 7) is 2.06. The van der Waals surface area contributed by atoms with Crippen LogP contribution >= 0.6 is 22.9 Å². The fourth-order valence-corrected chi connectivity index (χ4v) is 3.70. The highest BCUT2D eigenvalue weighted by atomic mass is 35.5. The van der Waals surface area contributed by atoms with Gasteiger partial charge in [0.2, 0.25) is 0 Å². The van der Waals surface area contributed by atoms with Gasteiger partial charge in [0.25, 0.3) is 0 Å². The predicted molar refractivity (Wildman–Crippen MR) is 99.0 cm³/mol. The number of aryl methyl sites for hydroxylation is 1. The zero-order valence-electron chi connectivity index (χ0n) is 13.9. The van der Waals surface area contributed by atoms with Gasteiger partial charge in [-0.1, -0.05) is 29.9 Å². The average Bonchev–Trinajstić information content (AvgIpc) is 2.92. The number of aliphatic carboxylic acids is 1. The Morgan fingerprint density at radius 1 is 1.46 bits per heavy atom. The molecule has 9 heteroatoms. The Balaban J connectivity index is 1.94. The largest absolute Gasteiger partial charge is 0.482 e. The highest BCUT2D eigenvalue weighted by Gasteiger charge is 2.18. The van der Waals surface area contributed by atoms with E-state index in [0.717, 1.165) is 11.3 Å². The zero-order valence-corrected chi connectivity index (χ0v) is 15.5. The number of halogens is 1. The first kappa shape index (κ1) is 18.3. The van der Waals surface area contributed by atoms with Crippen LogP contribution in [0.1, 0.15) is 31.6 Å². The van der Waals surface area contributed by atoms with Crippen LogP contribution in [0.4, 0.5) is 0 Å². The lowest BCUT2D eigenvalue weighted by Gasteiger charge is -2.17. The van der Waals surface area contributed by atoms with Crippen molar-refractivity contribution < 1.29 is 14.6 Å². The van der Waals surface area contributed by atoms with E-state index in [9.17, 15) is 9.59 Å². The van der Waals surface area contributed by atoms with Crippen molar-refractivity contribution in [2.45, 2.75) is 32.4 Å². The van der Waals surface area contributed by atoms with E-state index in [4.69, 9.17) is 21.4 Å². The van der Waals surface area contributed by atoms with E-state index in [1.165, 1.54) is 4.57 Å². The average molecular weight is 394 g/mol. The molecule has 0 aliphatic heterocycles. The predicted octanol–water partition coefficient (Wildman–Crippen LogP) is 3.51. The van der Waals surface area contributed by atoms with Crippen molar-refractivity contribution in [1.29, 1.82) is 0 Å². The number of benzene rings is 1. The number of aromatic nitrogens is 3. The maximum Gasteiger partial charge on any atom is 0.308 e. The van der Waals surface area contributed by atoms with Gasteiger partial charge in [0.1, 0.15) is 17.5 Å². The number of carbonyl (C=O) groups is 1. The molecule has 26 heavy (non-hydrogen) atoms. The monoisotopic (exact) mass is 393 g/mol. The molecule has 0 aliphatic carbocycles. The van der Waals surface area contributed by atoms with Crippen LogP contribution in [0, 0.1) is 0 Å². The third kappa shape index (κ3) is 3.86. The highest BCUT2D eigenvalue weighted by molar-refractivity contribution is 7.16. The molecule has 0 amide bonds. The van der Waals surface area contributed by atoms with Gasteiger partial charge in [0.15, 0.2) is 0 Å². The topological polar surface area (TPSA) is 94.3 Å². The molecule has 2 aromatic heterocycles. The molecule has 0 spiro atoms. The molecular weight excluding hydrogens is 378 g/mol. The molecule has 0 aliphatic rings. The van der Waals surface area contributed by atoms with E-state index < -0.39 is 5.97 Å². The quantitative estimate of drug-likeness (QED) is 0.660. The summed E-state index contributed by atoms with van der Waals surface area (Å²) in [4.78, 5) is 22.7. The Bertz CT molecular complexity index is 987. The summed E-state index contributed by atoms with van der Waals surface area (Å²) < 4.78 is 8.11. The van der Waals surface area contributed by atoms with Gasteiger partial charge in [-0.3, -0.25) is 14.2 Å². The zero-order chi connectivity index (χ0) is 18.7. The summed E-state index contributed by atoms with van der Waals surface area (Å²) in [6, 6.07) is 6.96. The SMILES string of the molecule is CCC(Oc1cc2sc(=O)n(CCC(=O)O)c2cc1Cl)c1cccnn1. The summed E-state index contributed by atoms with van der Waals surface area (Å²) >= 11 is 7.38. The van der Waals surface area contributed by atoms with Crippen LogP contribution in [-0.4, -0.2) is 25.8 Å². The number of hydrogen-bond acceptors (Lipinski definition) is 6. The van der Waals surface area contributed by atoms with E-state index in [1.807, 2.05) is 13.0 Å². The van der Waals surface area contributed by atoms with E-state index in [0.29, 0.717) is 33.1 Å². The number of rotatable bonds is 7. The molecule has 3 aromatic rings. The van der Waals surface area contributed by atoms with Crippen LogP contribution in [0.15, 0.2) is 35.3 Å². The fraction of sp³-hybridized carbons (Fsp3) is 0.294. The molecule has 0 radical (unpaired) electrons. The van der Waals surface area contributed by atoms with Crippen LogP contribution in [0.5, 0.6) is 5.75 Å². The molecule has 1 unspecified atom stereocenters. The van der Waals surface area contributed by atoms with Gasteiger partial charge in [-0.05, 0) is 24.6 Å². The van der Waals surface area contributed by atoms with E-state index in [-0.39, 0.29) is 23.9 Å². The Kier molecular flexibility index (Phi) is 5.53. The molecule has 0 fully saturated rings. The maximum absolute atomic E-state index is 12.2. The summed E-state index contributed by atoms with van der Waals surface area (Å²) in [5.74, 6) is -0.514. The van der Waals surface area contributed by atoms with Crippen molar-refractivity contribution >= 4 is 39.1 Å². The molecule has 0 saturated heterocycles.